The molecule has 0 spiro atoms. The van der Waals surface area contributed by atoms with Gasteiger partial charge in [0.25, 0.3) is 5.91 Å². The predicted octanol–water partition coefficient (Wildman–Crippen LogP) is 4.75. The van der Waals surface area contributed by atoms with Gasteiger partial charge in [0.15, 0.2) is 0 Å². The molecule has 0 bridgehead atoms. The van der Waals surface area contributed by atoms with Crippen LogP contribution in [-0.4, -0.2) is 36.3 Å². The first-order chi connectivity index (χ1) is 18.3. The van der Waals surface area contributed by atoms with Crippen LogP contribution in [0.2, 0.25) is 5.02 Å². The van der Waals surface area contributed by atoms with Crippen LogP contribution < -0.4 is 21.3 Å². The number of halogens is 6. The minimum Gasteiger partial charge on any atom is -0.375 e. The van der Waals surface area contributed by atoms with E-state index in [1.165, 1.54) is 12.1 Å². The van der Waals surface area contributed by atoms with Gasteiger partial charge in [-0.15, -0.1) is 0 Å². The fourth-order valence-corrected chi connectivity index (χ4v) is 5.18. The Balaban J connectivity index is 1.59. The van der Waals surface area contributed by atoms with E-state index in [1.807, 2.05) is 0 Å². The number of carbonyl (C=O) groups is 2. The summed E-state index contributed by atoms with van der Waals surface area (Å²) in [6, 6.07) is 6.88. The SMILES string of the molecule is NCCc1cc(NC(=O)N2C[C@](O)(C(F)(F)F)c3cc(F)ccc32)c2c(c1)C(=O)N[C@H]2c1cc(F)ccc1Cl. The maximum atomic E-state index is 14.1. The molecule has 2 aliphatic rings. The van der Waals surface area contributed by atoms with Gasteiger partial charge in [-0.1, -0.05) is 11.6 Å². The highest BCUT2D eigenvalue weighted by Crippen LogP contribution is 2.49. The molecule has 3 aromatic carbocycles. The van der Waals surface area contributed by atoms with Crippen LogP contribution in [0.3, 0.4) is 0 Å². The van der Waals surface area contributed by atoms with Crippen molar-refractivity contribution in [2.75, 3.05) is 23.3 Å². The van der Waals surface area contributed by atoms with E-state index in [1.54, 1.807) is 6.07 Å². The summed E-state index contributed by atoms with van der Waals surface area (Å²) in [4.78, 5) is 26.9. The van der Waals surface area contributed by atoms with Crippen LogP contribution in [0.25, 0.3) is 0 Å². The molecule has 3 amide bonds. The van der Waals surface area contributed by atoms with E-state index in [-0.39, 0.29) is 39.6 Å². The van der Waals surface area contributed by atoms with Crippen LogP contribution in [0.15, 0.2) is 48.5 Å². The van der Waals surface area contributed by atoms with Gasteiger partial charge in [0, 0.05) is 33.0 Å². The van der Waals surface area contributed by atoms with Crippen molar-refractivity contribution in [1.29, 1.82) is 0 Å². The Morgan fingerprint density at radius 2 is 1.85 bits per heavy atom. The van der Waals surface area contributed by atoms with Gasteiger partial charge in [-0.3, -0.25) is 9.69 Å². The number of rotatable bonds is 4. The molecule has 3 aromatic rings. The summed E-state index contributed by atoms with van der Waals surface area (Å²) < 4.78 is 69.5. The van der Waals surface area contributed by atoms with Gasteiger partial charge in [0.1, 0.15) is 11.6 Å². The van der Waals surface area contributed by atoms with Crippen molar-refractivity contribution >= 4 is 34.9 Å². The number of hydrogen-bond donors (Lipinski definition) is 4. The molecule has 2 atom stereocenters. The molecule has 0 saturated heterocycles. The zero-order valence-electron chi connectivity index (χ0n) is 19.9. The number of nitrogens with two attached hydrogens (primary N) is 1. The van der Waals surface area contributed by atoms with Crippen LogP contribution in [0.1, 0.15) is 38.7 Å². The standard InChI is InChI=1S/C26H20ClF5N4O3/c27-18-3-1-13(28)9-15(18)22-21-16(23(37)35-22)7-12(5-6-33)8-19(21)34-24(38)36-11-25(39,26(30,31)32)17-10-14(29)2-4-20(17)36/h1-4,7-10,22,39H,5-6,11,33H2,(H,34,38)(H,35,37)/t22-,25+/m0/s1. The van der Waals surface area contributed by atoms with Gasteiger partial charge in [0.05, 0.1) is 18.3 Å². The van der Waals surface area contributed by atoms with E-state index in [0.29, 0.717) is 23.0 Å². The number of β-amino-alcohol motifs (C(OH)–C–C–N with tert-alkyl or cyclic N) is 1. The molecule has 0 aromatic heterocycles. The lowest BCUT2D eigenvalue weighted by Crippen LogP contribution is -2.48. The molecule has 5 N–H and O–H groups in total. The summed E-state index contributed by atoms with van der Waals surface area (Å²) >= 11 is 6.28. The molecule has 39 heavy (non-hydrogen) atoms. The molecule has 5 rings (SSSR count). The van der Waals surface area contributed by atoms with Gasteiger partial charge >= 0.3 is 12.2 Å². The summed E-state index contributed by atoms with van der Waals surface area (Å²) in [5.74, 6) is -2.20. The second kappa shape index (κ2) is 9.47. The Morgan fingerprint density at radius 3 is 2.54 bits per heavy atom. The summed E-state index contributed by atoms with van der Waals surface area (Å²) in [5, 5.41) is 15.9. The molecule has 13 heteroatoms. The fourth-order valence-electron chi connectivity index (χ4n) is 4.96. The van der Waals surface area contributed by atoms with Gasteiger partial charge in [-0.25, -0.2) is 13.6 Å². The number of nitrogens with one attached hydrogen (secondary N) is 2. The van der Waals surface area contributed by atoms with Crippen molar-refractivity contribution in [3.8, 4) is 0 Å². The maximum absolute atomic E-state index is 14.1. The number of hydrogen-bond acceptors (Lipinski definition) is 4. The Bertz CT molecular complexity index is 1520. The second-order valence-electron chi connectivity index (χ2n) is 9.25. The molecular formula is C26H20ClF5N4O3. The quantitative estimate of drug-likeness (QED) is 0.342. The third-order valence-corrected chi connectivity index (χ3v) is 7.13. The van der Waals surface area contributed by atoms with E-state index in [9.17, 15) is 36.6 Å². The number of nitrogens with zero attached hydrogens (tertiary/aromatic N) is 1. The van der Waals surface area contributed by atoms with Crippen molar-refractivity contribution in [2.45, 2.75) is 24.2 Å². The van der Waals surface area contributed by atoms with Crippen LogP contribution in [0.5, 0.6) is 0 Å². The lowest BCUT2D eigenvalue weighted by Gasteiger charge is -2.27. The van der Waals surface area contributed by atoms with E-state index >= 15 is 0 Å². The number of benzene rings is 3. The number of alkyl halides is 3. The lowest BCUT2D eigenvalue weighted by molar-refractivity contribution is -0.258. The highest BCUT2D eigenvalue weighted by molar-refractivity contribution is 6.31. The largest absolute Gasteiger partial charge is 0.423 e. The first-order valence-electron chi connectivity index (χ1n) is 11.6. The minimum atomic E-state index is -5.22. The molecule has 0 radical (unpaired) electrons. The Hall–Kier alpha value is -3.74. The van der Waals surface area contributed by atoms with Crippen molar-refractivity contribution in [1.82, 2.24) is 5.32 Å². The number of anilines is 2. The molecular weight excluding hydrogens is 547 g/mol. The summed E-state index contributed by atoms with van der Waals surface area (Å²) in [6.45, 7) is -1.04. The van der Waals surface area contributed by atoms with Crippen LogP contribution in [0, 0.1) is 11.6 Å². The maximum Gasteiger partial charge on any atom is 0.423 e. The predicted molar refractivity (Wildman–Crippen MR) is 133 cm³/mol. The van der Waals surface area contributed by atoms with Crippen LogP contribution in [0.4, 0.5) is 38.1 Å². The van der Waals surface area contributed by atoms with E-state index in [0.717, 1.165) is 24.3 Å². The molecule has 2 aliphatic heterocycles. The van der Waals surface area contributed by atoms with Crippen molar-refractivity contribution in [3.63, 3.8) is 0 Å². The molecule has 7 nitrogen and oxygen atoms in total. The van der Waals surface area contributed by atoms with Crippen molar-refractivity contribution in [3.05, 3.63) is 93.0 Å². The Labute approximate surface area is 223 Å². The molecule has 204 valence electrons. The van der Waals surface area contributed by atoms with Crippen molar-refractivity contribution < 1.29 is 36.6 Å². The lowest BCUT2D eigenvalue weighted by atomic mass is 9.94. The Kier molecular flexibility index (Phi) is 6.52. The monoisotopic (exact) mass is 566 g/mol. The average Bonchev–Trinajstić information content (AvgIpc) is 3.36. The number of urea groups is 1. The average molecular weight is 567 g/mol. The molecule has 0 aliphatic carbocycles. The van der Waals surface area contributed by atoms with Crippen molar-refractivity contribution in [2.24, 2.45) is 5.73 Å². The van der Waals surface area contributed by atoms with E-state index in [4.69, 9.17) is 17.3 Å². The number of amides is 3. The smallest absolute Gasteiger partial charge is 0.375 e. The van der Waals surface area contributed by atoms with Crippen LogP contribution in [-0.2, 0) is 12.0 Å². The normalized spacial score (nSPS) is 20.1. The van der Waals surface area contributed by atoms with Gasteiger partial charge in [-0.2, -0.15) is 13.2 Å². The van der Waals surface area contributed by atoms with Crippen LogP contribution >= 0.6 is 11.6 Å². The van der Waals surface area contributed by atoms with Gasteiger partial charge < -0.3 is 21.5 Å². The molecule has 2 heterocycles. The summed E-state index contributed by atoms with van der Waals surface area (Å²) in [7, 11) is 0. The summed E-state index contributed by atoms with van der Waals surface area (Å²) in [5.41, 5.74) is 2.12. The van der Waals surface area contributed by atoms with Gasteiger partial charge in [0.2, 0.25) is 5.60 Å². The number of fused-ring (bicyclic) bond motifs is 2. The summed E-state index contributed by atoms with van der Waals surface area (Å²) in [6.07, 6.45) is -4.92. The molecule has 0 fully saturated rings. The zero-order valence-corrected chi connectivity index (χ0v) is 20.6. The highest BCUT2D eigenvalue weighted by Gasteiger charge is 2.61. The first-order valence-corrected chi connectivity index (χ1v) is 12.0. The first kappa shape index (κ1) is 26.9. The van der Waals surface area contributed by atoms with Gasteiger partial charge in [-0.05, 0) is 67.1 Å². The fraction of sp³-hybridized carbons (Fsp3) is 0.231. The highest BCUT2D eigenvalue weighted by atomic mass is 35.5. The number of carbonyl (C=O) groups excluding carboxylic acids is 2. The topological polar surface area (TPSA) is 108 Å². The molecule has 0 saturated carbocycles. The number of aliphatic hydroxyl groups is 1. The zero-order chi connectivity index (χ0) is 28.3. The second-order valence-corrected chi connectivity index (χ2v) is 9.66. The molecule has 0 unspecified atom stereocenters. The van der Waals surface area contributed by atoms with E-state index < -0.39 is 53.5 Å². The third-order valence-electron chi connectivity index (χ3n) is 6.79. The van der Waals surface area contributed by atoms with E-state index in [2.05, 4.69) is 10.6 Å². The Morgan fingerprint density at radius 1 is 1.15 bits per heavy atom. The minimum absolute atomic E-state index is 0.0377. The third kappa shape index (κ3) is 4.48.